The van der Waals surface area contributed by atoms with Gasteiger partial charge in [0.2, 0.25) is 0 Å². The van der Waals surface area contributed by atoms with Crippen molar-refractivity contribution in [3.05, 3.63) is 0 Å². The number of carboxylic acids is 1. The Bertz CT molecular complexity index is 1040. The van der Waals surface area contributed by atoms with Gasteiger partial charge in [0, 0.05) is 5.41 Å². The third-order valence-corrected chi connectivity index (χ3v) is 10.8. The summed E-state index contributed by atoms with van der Waals surface area (Å²) >= 11 is 0. The Morgan fingerprint density at radius 1 is 0.805 bits per heavy atom. The molecule has 0 heterocycles. The van der Waals surface area contributed by atoms with E-state index < -0.39 is 45.2 Å². The lowest BCUT2D eigenvalue weighted by molar-refractivity contribution is -0.178. The number of aliphatic carboxylic acids is 1. The zero-order valence-corrected chi connectivity index (χ0v) is 27.9. The molecule has 236 valence electrons. The molecule has 2 saturated carbocycles. The van der Waals surface area contributed by atoms with E-state index in [1.165, 1.54) is 7.11 Å². The van der Waals surface area contributed by atoms with Crippen molar-refractivity contribution in [1.29, 1.82) is 0 Å². The largest absolute Gasteiger partial charge is 0.481 e. The molecule has 2 aliphatic carbocycles. The van der Waals surface area contributed by atoms with E-state index >= 15 is 0 Å². The molecule has 0 aromatic rings. The summed E-state index contributed by atoms with van der Waals surface area (Å²) in [6, 6.07) is 0. The summed E-state index contributed by atoms with van der Waals surface area (Å²) in [5.41, 5.74) is -5.84. The number of carboxylic acid groups (broad SMARTS) is 1. The van der Waals surface area contributed by atoms with Crippen molar-refractivity contribution in [2.45, 2.75) is 140 Å². The topological polar surface area (TPSA) is 116 Å². The summed E-state index contributed by atoms with van der Waals surface area (Å²) < 4.78 is 17.3. The van der Waals surface area contributed by atoms with Crippen molar-refractivity contribution >= 4 is 23.9 Å². The highest BCUT2D eigenvalue weighted by Gasteiger charge is 2.63. The molecule has 2 aliphatic rings. The number of carbonyl (C=O) groups is 4. The van der Waals surface area contributed by atoms with Crippen LogP contribution in [-0.2, 0) is 33.4 Å². The molecule has 0 aromatic carbocycles. The molecule has 6 unspecified atom stereocenters. The first-order chi connectivity index (χ1) is 18.3. The van der Waals surface area contributed by atoms with E-state index in [0.29, 0.717) is 12.3 Å². The molecule has 0 amide bonds. The number of carbonyl (C=O) groups excluding carboxylic acids is 3. The molecule has 0 aliphatic heterocycles. The van der Waals surface area contributed by atoms with Gasteiger partial charge in [0.05, 0.1) is 28.8 Å². The van der Waals surface area contributed by atoms with Gasteiger partial charge in [-0.05, 0) is 112 Å². The number of rotatable bonds is 12. The van der Waals surface area contributed by atoms with Gasteiger partial charge in [-0.1, -0.05) is 27.7 Å². The van der Waals surface area contributed by atoms with Gasteiger partial charge in [-0.2, -0.15) is 0 Å². The van der Waals surface area contributed by atoms with Crippen LogP contribution in [0.3, 0.4) is 0 Å². The third-order valence-electron chi connectivity index (χ3n) is 10.8. The quantitative estimate of drug-likeness (QED) is 0.194. The number of hydrogen-bond acceptors (Lipinski definition) is 7. The lowest BCUT2D eigenvalue weighted by Crippen LogP contribution is -2.48. The summed E-state index contributed by atoms with van der Waals surface area (Å²) in [4.78, 5) is 53.2. The van der Waals surface area contributed by atoms with Gasteiger partial charge in [-0.15, -0.1) is 0 Å². The van der Waals surface area contributed by atoms with Gasteiger partial charge in [0.25, 0.3) is 0 Å². The van der Waals surface area contributed by atoms with E-state index in [1.54, 1.807) is 48.5 Å². The highest BCUT2D eigenvalue weighted by Crippen LogP contribution is 2.66. The Balaban J connectivity index is 2.46. The first kappa shape index (κ1) is 35.1. The van der Waals surface area contributed by atoms with Crippen molar-refractivity contribution < 1.29 is 38.5 Å². The molecule has 0 radical (unpaired) electrons. The van der Waals surface area contributed by atoms with Crippen LogP contribution in [0.4, 0.5) is 0 Å². The molecule has 6 atom stereocenters. The predicted octanol–water partition coefficient (Wildman–Crippen LogP) is 6.97. The van der Waals surface area contributed by atoms with Crippen LogP contribution in [0.2, 0.25) is 0 Å². The standard InChI is InChI=1S/C33H56O8/c1-14-30(9,25(37)40-22-17-21-15-16-33(22,12)29(21,7)8)19-32(11,24(36)39-13)20-31(10,18-28(5,6)23(34)35)26(38)41-27(2,3)4/h21-22H,14-20H2,1-13H3,(H,34,35). The molecule has 8 heteroatoms. The fourth-order valence-corrected chi connectivity index (χ4v) is 7.76. The third kappa shape index (κ3) is 6.77. The summed E-state index contributed by atoms with van der Waals surface area (Å²) in [5.74, 6) is -2.07. The number of methoxy groups -OCH3 is 1. The van der Waals surface area contributed by atoms with Crippen LogP contribution in [0, 0.1) is 38.4 Å². The van der Waals surface area contributed by atoms with Crippen LogP contribution in [0.15, 0.2) is 0 Å². The second-order valence-electron chi connectivity index (χ2n) is 16.3. The SMILES string of the molecule is CCC(C)(CC(C)(CC(C)(CC(C)(C)C(=O)O)C(=O)OC(C)(C)C)C(=O)OC)C(=O)OC1CC2CCC1(C)C2(C)C. The minimum Gasteiger partial charge on any atom is -0.481 e. The van der Waals surface area contributed by atoms with E-state index in [4.69, 9.17) is 14.2 Å². The van der Waals surface area contributed by atoms with Crippen LogP contribution < -0.4 is 0 Å². The van der Waals surface area contributed by atoms with Crippen LogP contribution in [0.5, 0.6) is 0 Å². The monoisotopic (exact) mass is 580 g/mol. The molecule has 2 bridgehead atoms. The lowest BCUT2D eigenvalue weighted by atomic mass is 9.61. The number of esters is 3. The van der Waals surface area contributed by atoms with Gasteiger partial charge in [-0.25, -0.2) is 0 Å². The second-order valence-corrected chi connectivity index (χ2v) is 16.3. The van der Waals surface area contributed by atoms with E-state index in [9.17, 15) is 24.3 Å². The fraction of sp³-hybridized carbons (Fsp3) is 0.879. The Morgan fingerprint density at radius 3 is 1.71 bits per heavy atom. The number of ether oxygens (including phenoxy) is 3. The van der Waals surface area contributed by atoms with Crippen molar-refractivity contribution in [3.8, 4) is 0 Å². The van der Waals surface area contributed by atoms with Crippen molar-refractivity contribution in [2.24, 2.45) is 38.4 Å². The summed E-state index contributed by atoms with van der Waals surface area (Å²) in [6.45, 7) is 22.1. The first-order valence-electron chi connectivity index (χ1n) is 15.1. The Labute approximate surface area is 247 Å². The average Bonchev–Trinajstić information content (AvgIpc) is 3.15. The smallest absolute Gasteiger partial charge is 0.312 e. The molecule has 2 rings (SSSR count). The van der Waals surface area contributed by atoms with Crippen LogP contribution in [-0.4, -0.2) is 47.8 Å². The predicted molar refractivity (Wildman–Crippen MR) is 157 cm³/mol. The van der Waals surface area contributed by atoms with Gasteiger partial charge in [-0.3, -0.25) is 19.2 Å². The number of fused-ring (bicyclic) bond motifs is 2. The van der Waals surface area contributed by atoms with E-state index in [1.807, 2.05) is 13.8 Å². The van der Waals surface area contributed by atoms with Crippen molar-refractivity contribution in [2.75, 3.05) is 7.11 Å². The Hall–Kier alpha value is -2.12. The van der Waals surface area contributed by atoms with Crippen molar-refractivity contribution in [1.82, 2.24) is 0 Å². The Kier molecular flexibility index (Phi) is 9.57. The summed E-state index contributed by atoms with van der Waals surface area (Å²) in [6.07, 6.45) is 3.16. The molecule has 41 heavy (non-hydrogen) atoms. The maximum atomic E-state index is 13.9. The van der Waals surface area contributed by atoms with E-state index in [2.05, 4.69) is 20.8 Å². The molecule has 1 N–H and O–H groups in total. The molecular weight excluding hydrogens is 524 g/mol. The summed E-state index contributed by atoms with van der Waals surface area (Å²) in [7, 11) is 1.28. The zero-order valence-electron chi connectivity index (χ0n) is 27.9. The van der Waals surface area contributed by atoms with Crippen LogP contribution >= 0.6 is 0 Å². The lowest BCUT2D eigenvalue weighted by Gasteiger charge is -2.44. The molecule has 0 spiro atoms. The normalized spacial score (nSPS) is 28.1. The summed E-state index contributed by atoms with van der Waals surface area (Å²) in [5, 5.41) is 9.90. The fourth-order valence-electron chi connectivity index (χ4n) is 7.76. The first-order valence-corrected chi connectivity index (χ1v) is 15.1. The number of hydrogen-bond donors (Lipinski definition) is 1. The van der Waals surface area contributed by atoms with Crippen molar-refractivity contribution in [3.63, 3.8) is 0 Å². The molecular formula is C33H56O8. The maximum absolute atomic E-state index is 13.9. The molecule has 2 fully saturated rings. The van der Waals surface area contributed by atoms with E-state index in [-0.39, 0.29) is 42.2 Å². The molecule has 8 nitrogen and oxygen atoms in total. The zero-order chi connectivity index (χ0) is 32.0. The average molecular weight is 581 g/mol. The van der Waals surface area contributed by atoms with Gasteiger partial charge in [0.15, 0.2) is 0 Å². The van der Waals surface area contributed by atoms with E-state index in [0.717, 1.165) is 19.3 Å². The van der Waals surface area contributed by atoms with Gasteiger partial charge < -0.3 is 19.3 Å². The highest BCUT2D eigenvalue weighted by molar-refractivity contribution is 5.84. The second kappa shape index (κ2) is 11.2. The maximum Gasteiger partial charge on any atom is 0.312 e. The highest BCUT2D eigenvalue weighted by atomic mass is 16.6. The minimum atomic E-state index is -1.36. The molecule has 0 saturated heterocycles. The van der Waals surface area contributed by atoms with Gasteiger partial charge in [0.1, 0.15) is 11.7 Å². The van der Waals surface area contributed by atoms with Crippen LogP contribution in [0.1, 0.15) is 128 Å². The Morgan fingerprint density at radius 2 is 1.32 bits per heavy atom. The van der Waals surface area contributed by atoms with Gasteiger partial charge >= 0.3 is 23.9 Å². The van der Waals surface area contributed by atoms with Crippen LogP contribution in [0.25, 0.3) is 0 Å². The molecule has 0 aromatic heterocycles. The minimum absolute atomic E-state index is 0.0581.